The monoisotopic (exact) mass is 705 g/mol. The Morgan fingerprint density at radius 1 is 0.920 bits per heavy atom. The zero-order chi connectivity index (χ0) is 36.3. The van der Waals surface area contributed by atoms with Crippen LogP contribution in [0.2, 0.25) is 0 Å². The lowest BCUT2D eigenvalue weighted by atomic mass is 9.72. The Kier molecular flexibility index (Phi) is 10.3. The number of ether oxygens (including phenoxy) is 2. The van der Waals surface area contributed by atoms with Crippen molar-refractivity contribution >= 4 is 24.3 Å². The summed E-state index contributed by atoms with van der Waals surface area (Å²) >= 11 is 0. The first-order chi connectivity index (χ1) is 23.5. The Bertz CT molecular complexity index is 1700. The molecule has 3 aromatic rings. The largest absolute Gasteiger partial charge is 0.481 e. The van der Waals surface area contributed by atoms with E-state index in [1.165, 1.54) is 23.1 Å². The van der Waals surface area contributed by atoms with Gasteiger partial charge in [-0.15, -0.1) is 0 Å². The molecule has 3 atom stereocenters. The highest BCUT2D eigenvalue weighted by molar-refractivity contribution is 5.95. The van der Waals surface area contributed by atoms with Gasteiger partial charge < -0.3 is 14.6 Å². The Hall–Kier alpha value is -4.92. The molecule has 0 radical (unpaired) electrons. The normalized spacial score (nSPS) is 21.7. The predicted octanol–water partition coefficient (Wildman–Crippen LogP) is 7.21. The number of carboxylic acids is 1. The number of likely N-dealkylation sites (tertiary alicyclic amines) is 1. The van der Waals surface area contributed by atoms with Gasteiger partial charge in [-0.1, -0.05) is 60.7 Å². The van der Waals surface area contributed by atoms with Gasteiger partial charge in [0.15, 0.2) is 0 Å². The molecule has 50 heavy (non-hydrogen) atoms. The number of aliphatic imine (C=N–C) groups is 1. The molecule has 1 N–H and O–H groups in total. The molecule has 2 amide bonds. The number of piperidine rings is 1. The second-order valence-corrected chi connectivity index (χ2v) is 12.3. The van der Waals surface area contributed by atoms with Crippen molar-refractivity contribution in [3.05, 3.63) is 107 Å². The average Bonchev–Trinajstić information content (AvgIpc) is 3.52. The Labute approximate surface area is 283 Å². The van der Waals surface area contributed by atoms with E-state index >= 15 is 0 Å². The van der Waals surface area contributed by atoms with E-state index in [9.17, 15) is 45.8 Å². The second-order valence-electron chi connectivity index (χ2n) is 12.3. The molecule has 0 spiro atoms. The van der Waals surface area contributed by atoms with Crippen molar-refractivity contribution in [2.45, 2.75) is 62.3 Å². The summed E-state index contributed by atoms with van der Waals surface area (Å²) in [6.45, 7) is 0.0732. The standard InChI is InChI=1S/C35H33F6N3O6/c1-23(25-14-27(34(36,37)38)16-28(15-25)35(39,40)41)50-21-33(26-10-6-3-7-11-26)13-12-32(17-30(46)47,44-22-42-18-29(44)45)20-43(33)31(48)49-19-24-8-4-2-5-9-24/h2-11,14-16,22-23H,12-13,17-21H2,1H3,(H,46,47)/t23-,32-,33-/m1/s1. The molecule has 3 aromatic carbocycles. The third-order valence-electron chi connectivity index (χ3n) is 9.04. The first-order valence-corrected chi connectivity index (χ1v) is 15.5. The van der Waals surface area contributed by atoms with Crippen molar-refractivity contribution in [3.8, 4) is 0 Å². The van der Waals surface area contributed by atoms with Crippen LogP contribution < -0.4 is 0 Å². The SMILES string of the molecule is C[C@@H](OC[C@@]1(c2ccccc2)CC[C@](CC(=O)O)(N2C=NCC2=O)CN1C(=O)OCc1ccccc1)c1cc(C(F)(F)F)cc(C(F)(F)F)c1. The van der Waals surface area contributed by atoms with Gasteiger partial charge in [0.1, 0.15) is 13.2 Å². The molecule has 266 valence electrons. The molecule has 1 fully saturated rings. The third kappa shape index (κ3) is 7.77. The number of nitrogens with zero attached hydrogens (tertiary/aromatic N) is 3. The number of carboxylic acid groups (broad SMARTS) is 1. The van der Waals surface area contributed by atoms with E-state index < -0.39 is 77.2 Å². The maximum absolute atomic E-state index is 14.2. The predicted molar refractivity (Wildman–Crippen MR) is 167 cm³/mol. The molecule has 5 rings (SSSR count). The van der Waals surface area contributed by atoms with Crippen LogP contribution in [-0.2, 0) is 43.6 Å². The summed E-state index contributed by atoms with van der Waals surface area (Å²) < 4.78 is 93.8. The highest BCUT2D eigenvalue weighted by Crippen LogP contribution is 2.46. The van der Waals surface area contributed by atoms with Crippen LogP contribution in [0.25, 0.3) is 0 Å². The number of carbonyl (C=O) groups excluding carboxylic acids is 2. The van der Waals surface area contributed by atoms with Crippen LogP contribution in [0.5, 0.6) is 0 Å². The summed E-state index contributed by atoms with van der Waals surface area (Å²) in [5.41, 5.74) is -5.24. The fourth-order valence-corrected chi connectivity index (χ4v) is 6.43. The molecule has 0 saturated carbocycles. The van der Waals surface area contributed by atoms with Crippen LogP contribution in [-0.4, -0.2) is 64.4 Å². The number of rotatable bonds is 10. The van der Waals surface area contributed by atoms with Crippen LogP contribution in [0.1, 0.15) is 60.1 Å². The van der Waals surface area contributed by atoms with Crippen molar-refractivity contribution in [2.75, 3.05) is 19.7 Å². The molecule has 1 saturated heterocycles. The van der Waals surface area contributed by atoms with Crippen LogP contribution in [0.3, 0.4) is 0 Å². The minimum atomic E-state index is -5.08. The number of alkyl halides is 6. The fourth-order valence-electron chi connectivity index (χ4n) is 6.43. The molecule has 2 aliphatic rings. The van der Waals surface area contributed by atoms with Gasteiger partial charge in [-0.3, -0.25) is 24.4 Å². The lowest BCUT2D eigenvalue weighted by molar-refractivity contribution is -0.147. The number of halogens is 6. The molecular weight excluding hydrogens is 672 g/mol. The zero-order valence-electron chi connectivity index (χ0n) is 26.7. The summed E-state index contributed by atoms with van der Waals surface area (Å²) in [7, 11) is 0. The van der Waals surface area contributed by atoms with Crippen molar-refractivity contribution in [2.24, 2.45) is 4.99 Å². The first kappa shape index (κ1) is 36.4. The molecule has 0 unspecified atom stereocenters. The van der Waals surface area contributed by atoms with E-state index in [4.69, 9.17) is 9.47 Å². The average molecular weight is 706 g/mol. The fraction of sp³-hybridized carbons (Fsp3) is 0.371. The van der Waals surface area contributed by atoms with Crippen molar-refractivity contribution in [1.82, 2.24) is 9.80 Å². The van der Waals surface area contributed by atoms with E-state index in [-0.39, 0.29) is 38.6 Å². The number of hydrogen-bond acceptors (Lipinski definition) is 6. The lowest BCUT2D eigenvalue weighted by Gasteiger charge is -2.55. The van der Waals surface area contributed by atoms with E-state index in [1.807, 2.05) is 0 Å². The summed E-state index contributed by atoms with van der Waals surface area (Å²) in [6, 6.07) is 18.3. The first-order valence-electron chi connectivity index (χ1n) is 15.5. The Balaban J connectivity index is 1.57. The lowest BCUT2D eigenvalue weighted by Crippen LogP contribution is -2.67. The van der Waals surface area contributed by atoms with Crippen LogP contribution in [0.4, 0.5) is 31.1 Å². The van der Waals surface area contributed by atoms with E-state index in [0.29, 0.717) is 23.3 Å². The maximum atomic E-state index is 14.2. The highest BCUT2D eigenvalue weighted by atomic mass is 19.4. The van der Waals surface area contributed by atoms with Crippen molar-refractivity contribution < 1.29 is 55.3 Å². The molecule has 0 aliphatic carbocycles. The van der Waals surface area contributed by atoms with Gasteiger partial charge in [-0.25, -0.2) is 4.79 Å². The summed E-state index contributed by atoms with van der Waals surface area (Å²) in [5, 5.41) is 9.96. The highest BCUT2D eigenvalue weighted by Gasteiger charge is 2.56. The molecule has 15 heteroatoms. The molecule has 9 nitrogen and oxygen atoms in total. The summed E-state index contributed by atoms with van der Waals surface area (Å²) in [5.74, 6) is -1.73. The quantitative estimate of drug-likeness (QED) is 0.224. The number of amides is 2. The topological polar surface area (TPSA) is 109 Å². The summed E-state index contributed by atoms with van der Waals surface area (Å²) in [6.07, 6.45) is -11.8. The number of carbonyl (C=O) groups is 3. The Morgan fingerprint density at radius 2 is 1.52 bits per heavy atom. The minimum absolute atomic E-state index is 0.00788. The van der Waals surface area contributed by atoms with Gasteiger partial charge in [-0.2, -0.15) is 26.3 Å². The number of aliphatic carboxylic acids is 1. The van der Waals surface area contributed by atoms with Gasteiger partial charge in [0.05, 0.1) is 47.7 Å². The minimum Gasteiger partial charge on any atom is -0.481 e. The molecule has 0 bridgehead atoms. The van der Waals surface area contributed by atoms with Crippen molar-refractivity contribution in [1.29, 1.82) is 0 Å². The van der Waals surface area contributed by atoms with Gasteiger partial charge in [-0.05, 0) is 54.7 Å². The van der Waals surface area contributed by atoms with Crippen LogP contribution in [0, 0.1) is 0 Å². The smallest absolute Gasteiger partial charge is 0.416 e. The van der Waals surface area contributed by atoms with E-state index in [2.05, 4.69) is 4.99 Å². The molecular formula is C35H33F6N3O6. The van der Waals surface area contributed by atoms with Crippen LogP contribution >= 0.6 is 0 Å². The molecule has 2 heterocycles. The second kappa shape index (κ2) is 14.1. The van der Waals surface area contributed by atoms with Gasteiger partial charge >= 0.3 is 24.4 Å². The van der Waals surface area contributed by atoms with Crippen molar-refractivity contribution in [3.63, 3.8) is 0 Å². The van der Waals surface area contributed by atoms with E-state index in [0.717, 1.165) is 0 Å². The third-order valence-corrected chi connectivity index (χ3v) is 9.04. The number of hydrogen-bond donors (Lipinski definition) is 1. The molecule has 2 aliphatic heterocycles. The maximum Gasteiger partial charge on any atom is 0.416 e. The number of benzene rings is 3. The van der Waals surface area contributed by atoms with E-state index in [1.54, 1.807) is 60.7 Å². The van der Waals surface area contributed by atoms with Gasteiger partial charge in [0.2, 0.25) is 5.91 Å². The van der Waals surface area contributed by atoms with Crippen LogP contribution in [0.15, 0.2) is 83.9 Å². The van der Waals surface area contributed by atoms with Gasteiger partial charge in [0.25, 0.3) is 0 Å². The molecule has 0 aromatic heterocycles. The van der Waals surface area contributed by atoms with Gasteiger partial charge in [0, 0.05) is 6.54 Å². The zero-order valence-corrected chi connectivity index (χ0v) is 26.7. The Morgan fingerprint density at radius 3 is 2.06 bits per heavy atom. The summed E-state index contributed by atoms with van der Waals surface area (Å²) in [4.78, 5) is 45.8.